The van der Waals surface area contributed by atoms with Gasteiger partial charge in [-0.1, -0.05) is 48.5 Å². The van der Waals surface area contributed by atoms with Crippen molar-refractivity contribution in [3.8, 4) is 17.2 Å². The van der Waals surface area contributed by atoms with Crippen LogP contribution in [0.5, 0.6) is 17.2 Å². The molecule has 12 heteroatoms. The number of nitrogens with zero attached hydrogens (tertiary/aromatic N) is 2. The number of ether oxygens (including phenoxy) is 3. The standard InChI is InChI=1S/C38H44FN3O7S/c1-7-49-30-19-17-29(18-20-30)42(50(45,46)31-21-22-34(47-5)35(24-31)48-6)26-36(43)41(25-28-15-11-12-16-32(28)39)33(37(44)40-38(2,3)4)23-27-13-9-8-10-14-27/h8-22,24,33H,7,23,25-26H2,1-6H3,(H,40,44)/t33-/m0/s1. The van der Waals surface area contributed by atoms with Crippen LogP contribution >= 0.6 is 0 Å². The highest BCUT2D eigenvalue weighted by Gasteiger charge is 2.36. The lowest BCUT2D eigenvalue weighted by Gasteiger charge is -2.35. The number of sulfonamides is 1. The largest absolute Gasteiger partial charge is 0.494 e. The van der Waals surface area contributed by atoms with Gasteiger partial charge in [0.1, 0.15) is 24.2 Å². The summed E-state index contributed by atoms with van der Waals surface area (Å²) in [5.74, 6) is -0.762. The van der Waals surface area contributed by atoms with Crippen molar-refractivity contribution in [2.24, 2.45) is 0 Å². The third-order valence-corrected chi connectivity index (χ3v) is 9.50. The number of methoxy groups -OCH3 is 2. The molecule has 0 aromatic heterocycles. The minimum absolute atomic E-state index is 0.0917. The first-order chi connectivity index (χ1) is 23.8. The van der Waals surface area contributed by atoms with Crippen LogP contribution in [0.15, 0.2) is 102 Å². The van der Waals surface area contributed by atoms with Crippen LogP contribution in [0.2, 0.25) is 0 Å². The Morgan fingerprint density at radius 1 is 0.860 bits per heavy atom. The van der Waals surface area contributed by atoms with Gasteiger partial charge in [-0.05, 0) is 75.7 Å². The summed E-state index contributed by atoms with van der Waals surface area (Å²) in [6.07, 6.45) is 0.0917. The number of amides is 2. The predicted octanol–water partition coefficient (Wildman–Crippen LogP) is 5.99. The van der Waals surface area contributed by atoms with E-state index in [1.807, 2.05) is 58.0 Å². The third-order valence-electron chi connectivity index (χ3n) is 7.73. The Kier molecular flexibility index (Phi) is 12.5. The molecule has 50 heavy (non-hydrogen) atoms. The van der Waals surface area contributed by atoms with Crippen LogP contribution in [-0.2, 0) is 32.6 Å². The maximum absolute atomic E-state index is 15.2. The van der Waals surface area contributed by atoms with Crippen LogP contribution in [0.1, 0.15) is 38.8 Å². The molecule has 4 rings (SSSR count). The number of carbonyl (C=O) groups excluding carboxylic acids is 2. The van der Waals surface area contributed by atoms with Crippen molar-refractivity contribution in [1.82, 2.24) is 10.2 Å². The van der Waals surface area contributed by atoms with Gasteiger partial charge in [-0.15, -0.1) is 0 Å². The molecule has 10 nitrogen and oxygen atoms in total. The van der Waals surface area contributed by atoms with Gasteiger partial charge in [0.2, 0.25) is 11.8 Å². The Bertz CT molecular complexity index is 1860. The average molecular weight is 706 g/mol. The molecule has 0 unspecified atom stereocenters. The van der Waals surface area contributed by atoms with Gasteiger partial charge in [0, 0.05) is 30.1 Å². The molecular weight excluding hydrogens is 661 g/mol. The summed E-state index contributed by atoms with van der Waals surface area (Å²) in [7, 11) is -1.62. The van der Waals surface area contributed by atoms with Crippen molar-refractivity contribution in [2.45, 2.75) is 57.1 Å². The number of benzene rings is 4. The molecule has 0 aliphatic carbocycles. The molecular formula is C38H44FN3O7S. The number of nitrogens with one attached hydrogen (secondary N) is 1. The van der Waals surface area contributed by atoms with Gasteiger partial charge in [0.05, 0.1) is 31.4 Å². The van der Waals surface area contributed by atoms with E-state index in [1.54, 1.807) is 18.2 Å². The van der Waals surface area contributed by atoms with E-state index in [2.05, 4.69) is 5.32 Å². The Labute approximate surface area is 293 Å². The summed E-state index contributed by atoms with van der Waals surface area (Å²) < 4.78 is 61.3. The molecule has 0 saturated heterocycles. The van der Waals surface area contributed by atoms with Crippen molar-refractivity contribution in [1.29, 1.82) is 0 Å². The number of halogens is 1. The predicted molar refractivity (Wildman–Crippen MR) is 190 cm³/mol. The fourth-order valence-corrected chi connectivity index (χ4v) is 6.76. The zero-order chi connectivity index (χ0) is 36.5. The molecule has 0 radical (unpaired) electrons. The number of rotatable bonds is 15. The number of hydrogen-bond donors (Lipinski definition) is 1. The first-order valence-corrected chi connectivity index (χ1v) is 17.6. The van der Waals surface area contributed by atoms with E-state index in [0.717, 1.165) is 9.87 Å². The smallest absolute Gasteiger partial charge is 0.264 e. The van der Waals surface area contributed by atoms with Crippen LogP contribution in [0.4, 0.5) is 10.1 Å². The number of anilines is 1. The lowest BCUT2D eigenvalue weighted by molar-refractivity contribution is -0.140. The second kappa shape index (κ2) is 16.5. The molecule has 0 heterocycles. The van der Waals surface area contributed by atoms with Gasteiger partial charge in [-0.25, -0.2) is 12.8 Å². The van der Waals surface area contributed by atoms with Gasteiger partial charge in [-0.3, -0.25) is 13.9 Å². The topological polar surface area (TPSA) is 114 Å². The van der Waals surface area contributed by atoms with Gasteiger partial charge in [0.25, 0.3) is 10.0 Å². The first kappa shape index (κ1) is 37.7. The lowest BCUT2D eigenvalue weighted by atomic mass is 10.0. The molecule has 4 aromatic carbocycles. The van der Waals surface area contributed by atoms with E-state index in [4.69, 9.17) is 14.2 Å². The summed E-state index contributed by atoms with van der Waals surface area (Å²) >= 11 is 0. The zero-order valence-electron chi connectivity index (χ0n) is 29.2. The highest BCUT2D eigenvalue weighted by Crippen LogP contribution is 2.33. The molecule has 0 aliphatic rings. The normalized spacial score (nSPS) is 12.1. The van der Waals surface area contributed by atoms with E-state index in [0.29, 0.717) is 18.1 Å². The van der Waals surface area contributed by atoms with Crippen molar-refractivity contribution < 1.29 is 36.6 Å². The minimum Gasteiger partial charge on any atom is -0.494 e. The quantitative estimate of drug-likeness (QED) is 0.162. The fourth-order valence-electron chi connectivity index (χ4n) is 5.33. The zero-order valence-corrected chi connectivity index (χ0v) is 30.0. The molecule has 0 aliphatic heterocycles. The molecule has 4 aromatic rings. The lowest BCUT2D eigenvalue weighted by Crippen LogP contribution is -2.56. The second-order valence-electron chi connectivity index (χ2n) is 12.5. The minimum atomic E-state index is -4.45. The third kappa shape index (κ3) is 9.53. The molecule has 0 bridgehead atoms. The maximum Gasteiger partial charge on any atom is 0.264 e. The average Bonchev–Trinajstić information content (AvgIpc) is 3.09. The summed E-state index contributed by atoms with van der Waals surface area (Å²) in [6.45, 7) is 6.66. The van der Waals surface area contributed by atoms with Crippen molar-refractivity contribution in [3.05, 3.63) is 114 Å². The van der Waals surface area contributed by atoms with Crippen LogP contribution in [0.3, 0.4) is 0 Å². The van der Waals surface area contributed by atoms with E-state index in [9.17, 15) is 18.0 Å². The van der Waals surface area contributed by atoms with Gasteiger partial charge < -0.3 is 24.4 Å². The Balaban J connectivity index is 1.86. The van der Waals surface area contributed by atoms with E-state index < -0.39 is 45.8 Å². The molecule has 0 saturated carbocycles. The molecule has 0 spiro atoms. The van der Waals surface area contributed by atoms with Crippen molar-refractivity contribution in [3.63, 3.8) is 0 Å². The molecule has 266 valence electrons. The number of carbonyl (C=O) groups is 2. The van der Waals surface area contributed by atoms with Gasteiger partial charge in [0.15, 0.2) is 11.5 Å². The highest BCUT2D eigenvalue weighted by molar-refractivity contribution is 7.92. The van der Waals surface area contributed by atoms with Crippen LogP contribution in [0, 0.1) is 5.82 Å². The van der Waals surface area contributed by atoms with E-state index in [-0.39, 0.29) is 34.9 Å². The van der Waals surface area contributed by atoms with Crippen LogP contribution in [0.25, 0.3) is 0 Å². The summed E-state index contributed by atoms with van der Waals surface area (Å²) in [4.78, 5) is 29.8. The van der Waals surface area contributed by atoms with Crippen LogP contribution in [-0.4, -0.2) is 64.1 Å². The molecule has 2 amide bonds. The van der Waals surface area contributed by atoms with E-state index in [1.165, 1.54) is 67.7 Å². The Hall–Kier alpha value is -5.10. The maximum atomic E-state index is 15.2. The number of hydrogen-bond acceptors (Lipinski definition) is 7. The first-order valence-electron chi connectivity index (χ1n) is 16.1. The highest BCUT2D eigenvalue weighted by atomic mass is 32.2. The van der Waals surface area contributed by atoms with Crippen molar-refractivity contribution in [2.75, 3.05) is 31.7 Å². The SMILES string of the molecule is CCOc1ccc(N(CC(=O)N(Cc2ccccc2F)[C@@H](Cc2ccccc2)C(=O)NC(C)(C)C)S(=O)(=O)c2ccc(OC)c(OC)c2)cc1. The summed E-state index contributed by atoms with van der Waals surface area (Å²) in [5, 5.41) is 2.96. The fraction of sp³-hybridized carbons (Fsp3) is 0.316. The van der Waals surface area contributed by atoms with E-state index >= 15 is 4.39 Å². The molecule has 0 fully saturated rings. The monoisotopic (exact) mass is 705 g/mol. The van der Waals surface area contributed by atoms with Gasteiger partial charge >= 0.3 is 0 Å². The molecule has 1 N–H and O–H groups in total. The van der Waals surface area contributed by atoms with Crippen molar-refractivity contribution >= 4 is 27.5 Å². The Morgan fingerprint density at radius 2 is 1.50 bits per heavy atom. The summed E-state index contributed by atoms with van der Waals surface area (Å²) in [5.41, 5.74) is 0.428. The molecule has 1 atom stereocenters. The van der Waals surface area contributed by atoms with Gasteiger partial charge in [-0.2, -0.15) is 0 Å². The van der Waals surface area contributed by atoms with Crippen LogP contribution < -0.4 is 23.8 Å². The Morgan fingerprint density at radius 3 is 2.10 bits per heavy atom. The second-order valence-corrected chi connectivity index (χ2v) is 14.4. The summed E-state index contributed by atoms with van der Waals surface area (Å²) in [6, 6.07) is 24.4.